The topological polar surface area (TPSA) is 78.9 Å². The Balaban J connectivity index is 1.69. The van der Waals surface area contributed by atoms with Crippen molar-refractivity contribution in [2.45, 2.75) is 6.92 Å². The third kappa shape index (κ3) is 4.59. The van der Waals surface area contributed by atoms with Crippen LogP contribution in [0.1, 0.15) is 17.3 Å². The van der Waals surface area contributed by atoms with Gasteiger partial charge in [0, 0.05) is 28.3 Å². The number of benzene rings is 3. The largest absolute Gasteiger partial charge is 0.493 e. The molecule has 0 radical (unpaired) electrons. The number of carbonyl (C=O) groups is 1. The van der Waals surface area contributed by atoms with E-state index in [2.05, 4.69) is 5.32 Å². The van der Waals surface area contributed by atoms with E-state index in [1.165, 1.54) is 21.3 Å². The minimum atomic E-state index is -0.314. The molecule has 7 heteroatoms. The summed E-state index contributed by atoms with van der Waals surface area (Å²) in [6.07, 6.45) is 0. The summed E-state index contributed by atoms with van der Waals surface area (Å²) in [4.78, 5) is 17.8. The first-order chi connectivity index (χ1) is 16.6. The van der Waals surface area contributed by atoms with E-state index in [0.29, 0.717) is 40.9 Å². The highest BCUT2D eigenvalue weighted by atomic mass is 16.5. The molecule has 4 aromatic rings. The zero-order chi connectivity index (χ0) is 24.1. The Morgan fingerprint density at radius 2 is 1.56 bits per heavy atom. The van der Waals surface area contributed by atoms with Gasteiger partial charge in [-0.15, -0.1) is 0 Å². The van der Waals surface area contributed by atoms with E-state index < -0.39 is 0 Å². The molecule has 0 atom stereocenters. The van der Waals surface area contributed by atoms with Gasteiger partial charge in [0.1, 0.15) is 5.75 Å². The Bertz CT molecular complexity index is 1300. The number of ether oxygens (including phenoxy) is 4. The average molecular weight is 459 g/mol. The van der Waals surface area contributed by atoms with Crippen LogP contribution in [0.15, 0.2) is 66.7 Å². The summed E-state index contributed by atoms with van der Waals surface area (Å²) in [5, 5.41) is 3.74. The van der Waals surface area contributed by atoms with Crippen LogP contribution in [0.5, 0.6) is 23.0 Å². The quantitative estimate of drug-likeness (QED) is 0.371. The minimum absolute atomic E-state index is 0.314. The number of anilines is 1. The summed E-state index contributed by atoms with van der Waals surface area (Å²) in [5.41, 5.74) is 3.59. The van der Waals surface area contributed by atoms with Crippen LogP contribution in [0.25, 0.3) is 22.2 Å². The third-order valence-electron chi connectivity index (χ3n) is 5.32. The fourth-order valence-electron chi connectivity index (χ4n) is 3.72. The summed E-state index contributed by atoms with van der Waals surface area (Å²) in [7, 11) is 4.53. The summed E-state index contributed by atoms with van der Waals surface area (Å²) in [5.74, 6) is 1.62. The van der Waals surface area contributed by atoms with Crippen molar-refractivity contribution in [1.29, 1.82) is 0 Å². The molecule has 1 N–H and O–H groups in total. The number of nitrogens with zero attached hydrogens (tertiary/aromatic N) is 1. The van der Waals surface area contributed by atoms with Gasteiger partial charge in [-0.1, -0.05) is 30.3 Å². The number of hydrogen-bond acceptors (Lipinski definition) is 6. The van der Waals surface area contributed by atoms with Crippen molar-refractivity contribution in [1.82, 2.24) is 4.98 Å². The lowest BCUT2D eigenvalue weighted by Gasteiger charge is -2.15. The SMILES string of the molecule is CCOc1cc(-c2ccccc2)nc2ccc(NC(=O)c3cc(OC)c(OC)c(OC)c3)cc12. The zero-order valence-corrected chi connectivity index (χ0v) is 19.5. The maximum Gasteiger partial charge on any atom is 0.255 e. The van der Waals surface area contributed by atoms with Gasteiger partial charge < -0.3 is 24.3 Å². The second-order valence-corrected chi connectivity index (χ2v) is 7.40. The first kappa shape index (κ1) is 22.9. The molecule has 0 spiro atoms. The number of pyridine rings is 1. The third-order valence-corrected chi connectivity index (χ3v) is 5.32. The van der Waals surface area contributed by atoms with Crippen LogP contribution in [0, 0.1) is 0 Å². The molecule has 0 fully saturated rings. The van der Waals surface area contributed by atoms with E-state index in [4.69, 9.17) is 23.9 Å². The van der Waals surface area contributed by atoms with Gasteiger partial charge in [0.15, 0.2) is 11.5 Å². The van der Waals surface area contributed by atoms with Crippen molar-refractivity contribution in [2.75, 3.05) is 33.3 Å². The smallest absolute Gasteiger partial charge is 0.255 e. The van der Waals surface area contributed by atoms with E-state index in [1.807, 2.05) is 61.5 Å². The van der Waals surface area contributed by atoms with Crippen LogP contribution >= 0.6 is 0 Å². The van der Waals surface area contributed by atoms with E-state index >= 15 is 0 Å². The van der Waals surface area contributed by atoms with E-state index in [9.17, 15) is 4.79 Å². The van der Waals surface area contributed by atoms with Gasteiger partial charge in [-0.25, -0.2) is 4.98 Å². The molecule has 3 aromatic carbocycles. The molecular weight excluding hydrogens is 432 g/mol. The monoisotopic (exact) mass is 458 g/mol. The van der Waals surface area contributed by atoms with Crippen molar-refractivity contribution >= 4 is 22.5 Å². The number of carbonyl (C=O) groups excluding carboxylic acids is 1. The summed E-state index contributed by atoms with van der Waals surface area (Å²) < 4.78 is 22.0. The van der Waals surface area contributed by atoms with E-state index in [1.54, 1.807) is 12.1 Å². The Labute approximate surface area is 198 Å². The number of methoxy groups -OCH3 is 3. The molecule has 0 saturated heterocycles. The molecule has 0 unspecified atom stereocenters. The van der Waals surface area contributed by atoms with Crippen LogP contribution in [-0.2, 0) is 0 Å². The van der Waals surface area contributed by atoms with Gasteiger partial charge in [-0.05, 0) is 37.3 Å². The molecule has 0 bridgehead atoms. The van der Waals surface area contributed by atoms with Gasteiger partial charge in [0.25, 0.3) is 5.91 Å². The first-order valence-corrected chi connectivity index (χ1v) is 10.8. The molecule has 0 aliphatic rings. The predicted octanol–water partition coefficient (Wildman–Crippen LogP) is 5.58. The predicted molar refractivity (Wildman–Crippen MR) is 132 cm³/mol. The van der Waals surface area contributed by atoms with Gasteiger partial charge in [0.05, 0.1) is 39.1 Å². The molecular formula is C27H26N2O5. The first-order valence-electron chi connectivity index (χ1n) is 10.8. The van der Waals surface area contributed by atoms with Crippen LogP contribution < -0.4 is 24.3 Å². The van der Waals surface area contributed by atoms with Crippen molar-refractivity contribution in [2.24, 2.45) is 0 Å². The molecule has 1 amide bonds. The molecule has 34 heavy (non-hydrogen) atoms. The number of aromatic nitrogens is 1. The standard InChI is InChI=1S/C27H26N2O5/c1-5-34-23-16-22(17-9-7-6-8-10-17)29-21-12-11-19(15-20(21)23)28-27(30)18-13-24(31-2)26(33-4)25(14-18)32-3/h6-16H,5H2,1-4H3,(H,28,30). The van der Waals surface area contributed by atoms with Crippen LogP contribution in [0.2, 0.25) is 0 Å². The molecule has 0 saturated carbocycles. The molecule has 0 aliphatic heterocycles. The number of fused-ring (bicyclic) bond motifs is 1. The summed E-state index contributed by atoms with van der Waals surface area (Å²) in [6.45, 7) is 2.44. The number of nitrogens with one attached hydrogen (secondary N) is 1. The number of amides is 1. The summed E-state index contributed by atoms with van der Waals surface area (Å²) in [6, 6.07) is 20.6. The van der Waals surface area contributed by atoms with Crippen molar-refractivity contribution in [3.8, 4) is 34.3 Å². The van der Waals surface area contributed by atoms with Gasteiger partial charge in [-0.3, -0.25) is 4.79 Å². The molecule has 174 valence electrons. The molecule has 0 aliphatic carbocycles. The highest BCUT2D eigenvalue weighted by Crippen LogP contribution is 2.38. The normalized spacial score (nSPS) is 10.6. The number of rotatable bonds is 8. The Hall–Kier alpha value is -4.26. The van der Waals surface area contributed by atoms with E-state index in [0.717, 1.165) is 22.2 Å². The highest BCUT2D eigenvalue weighted by molar-refractivity contribution is 6.06. The molecule has 7 nitrogen and oxygen atoms in total. The van der Waals surface area contributed by atoms with Crippen LogP contribution in [0.3, 0.4) is 0 Å². The zero-order valence-electron chi connectivity index (χ0n) is 19.5. The van der Waals surface area contributed by atoms with Crippen LogP contribution in [0.4, 0.5) is 5.69 Å². The van der Waals surface area contributed by atoms with Gasteiger partial charge in [0.2, 0.25) is 5.75 Å². The fraction of sp³-hybridized carbons (Fsp3) is 0.185. The Kier molecular flexibility index (Phi) is 6.82. The summed E-state index contributed by atoms with van der Waals surface area (Å²) >= 11 is 0. The van der Waals surface area contributed by atoms with Gasteiger partial charge >= 0.3 is 0 Å². The maximum absolute atomic E-state index is 13.0. The number of hydrogen-bond donors (Lipinski definition) is 1. The van der Waals surface area contributed by atoms with Gasteiger partial charge in [-0.2, -0.15) is 0 Å². The maximum atomic E-state index is 13.0. The lowest BCUT2D eigenvalue weighted by molar-refractivity contribution is 0.102. The molecule has 1 heterocycles. The Morgan fingerprint density at radius 3 is 2.18 bits per heavy atom. The lowest BCUT2D eigenvalue weighted by Crippen LogP contribution is -2.12. The average Bonchev–Trinajstić information content (AvgIpc) is 2.88. The lowest BCUT2D eigenvalue weighted by atomic mass is 10.1. The van der Waals surface area contributed by atoms with Crippen molar-refractivity contribution in [3.63, 3.8) is 0 Å². The van der Waals surface area contributed by atoms with Crippen molar-refractivity contribution in [3.05, 3.63) is 72.3 Å². The second-order valence-electron chi connectivity index (χ2n) is 7.40. The Morgan fingerprint density at radius 1 is 0.853 bits per heavy atom. The van der Waals surface area contributed by atoms with Crippen LogP contribution in [-0.4, -0.2) is 38.8 Å². The van der Waals surface area contributed by atoms with E-state index in [-0.39, 0.29) is 5.91 Å². The molecule has 4 rings (SSSR count). The van der Waals surface area contributed by atoms with Crippen molar-refractivity contribution < 1.29 is 23.7 Å². The second kappa shape index (κ2) is 10.1. The fourth-order valence-corrected chi connectivity index (χ4v) is 3.72. The minimum Gasteiger partial charge on any atom is -0.493 e. The molecule has 1 aromatic heterocycles. The highest BCUT2D eigenvalue weighted by Gasteiger charge is 2.18.